The van der Waals surface area contributed by atoms with Crippen LogP contribution in [0.2, 0.25) is 0 Å². The van der Waals surface area contributed by atoms with Gasteiger partial charge >= 0.3 is 0 Å². The summed E-state index contributed by atoms with van der Waals surface area (Å²) >= 11 is 0. The van der Waals surface area contributed by atoms with Gasteiger partial charge < -0.3 is 4.74 Å². The topological polar surface area (TPSA) is 77.3 Å². The third-order valence-corrected chi connectivity index (χ3v) is 4.33. The molecule has 0 aliphatic heterocycles. The van der Waals surface area contributed by atoms with Crippen LogP contribution in [0, 0.1) is 11.8 Å². The second-order valence-electron chi connectivity index (χ2n) is 6.05. The predicted molar refractivity (Wildman–Crippen MR) is 105 cm³/mol. The Labute approximate surface area is 155 Å². The van der Waals surface area contributed by atoms with Crippen molar-refractivity contribution in [3.63, 3.8) is 0 Å². The van der Waals surface area contributed by atoms with Gasteiger partial charge in [0.05, 0.1) is 23.7 Å². The second kappa shape index (κ2) is 6.92. The van der Waals surface area contributed by atoms with Crippen molar-refractivity contribution in [3.8, 4) is 28.7 Å². The molecule has 0 fully saturated rings. The summed E-state index contributed by atoms with van der Waals surface area (Å²) in [5.41, 5.74) is 4.42. The lowest BCUT2D eigenvalue weighted by Crippen LogP contribution is -1.99. The molecule has 4 aromatic rings. The van der Waals surface area contributed by atoms with E-state index in [-0.39, 0.29) is 5.69 Å². The molecule has 6 heteroatoms. The number of benzene rings is 2. The van der Waals surface area contributed by atoms with Gasteiger partial charge in [0, 0.05) is 5.56 Å². The van der Waals surface area contributed by atoms with Crippen LogP contribution in [0.15, 0.2) is 65.8 Å². The highest BCUT2D eigenvalue weighted by atomic mass is 16.5. The zero-order valence-corrected chi connectivity index (χ0v) is 14.9. The summed E-state index contributed by atoms with van der Waals surface area (Å²) in [6, 6.07) is 19.0. The Balaban J connectivity index is 1.92. The van der Waals surface area contributed by atoms with Gasteiger partial charge in [-0.15, -0.1) is 4.91 Å². The van der Waals surface area contributed by atoms with Gasteiger partial charge in [-0.3, -0.25) is 0 Å². The molecule has 0 saturated heterocycles. The predicted octanol–water partition coefficient (Wildman–Crippen LogP) is 5.07. The van der Waals surface area contributed by atoms with E-state index in [4.69, 9.17) is 9.72 Å². The Morgan fingerprint density at radius 1 is 0.889 bits per heavy atom. The Morgan fingerprint density at radius 3 is 2.44 bits per heavy atom. The second-order valence-corrected chi connectivity index (χ2v) is 6.05. The van der Waals surface area contributed by atoms with Gasteiger partial charge in [0.1, 0.15) is 11.4 Å². The number of ether oxygens (including phenoxy) is 1. The van der Waals surface area contributed by atoms with E-state index in [9.17, 15) is 4.91 Å². The first-order valence-corrected chi connectivity index (χ1v) is 8.43. The zero-order valence-electron chi connectivity index (χ0n) is 14.9. The van der Waals surface area contributed by atoms with Crippen molar-refractivity contribution >= 4 is 16.6 Å². The number of pyridine rings is 1. The van der Waals surface area contributed by atoms with Crippen molar-refractivity contribution in [2.45, 2.75) is 6.92 Å². The molecule has 2 heterocycles. The fraction of sp³-hybridized carbons (Fsp3) is 0.0952. The number of fused-ring (bicyclic) bond motifs is 1. The van der Waals surface area contributed by atoms with Crippen LogP contribution in [0.3, 0.4) is 0 Å². The minimum atomic E-state index is 0.248. The van der Waals surface area contributed by atoms with Crippen LogP contribution in [0.4, 0.5) is 5.69 Å². The summed E-state index contributed by atoms with van der Waals surface area (Å²) in [7, 11) is 1.51. The van der Waals surface area contributed by atoms with Crippen molar-refractivity contribution in [3.05, 3.63) is 71.1 Å². The highest BCUT2D eigenvalue weighted by Crippen LogP contribution is 2.34. The van der Waals surface area contributed by atoms with E-state index in [2.05, 4.69) is 15.1 Å². The van der Waals surface area contributed by atoms with Gasteiger partial charge in [-0.1, -0.05) is 42.5 Å². The maximum absolute atomic E-state index is 11.1. The number of aromatic nitrogens is 3. The maximum Gasteiger partial charge on any atom is 0.227 e. The van der Waals surface area contributed by atoms with Crippen LogP contribution in [0.25, 0.3) is 33.7 Å². The van der Waals surface area contributed by atoms with Gasteiger partial charge in [-0.05, 0) is 35.9 Å². The molecular weight excluding hydrogens is 340 g/mol. The standard InChI is InChI=1S/C21H16N4O2/c1-13-11-12-17(22-19(13)14-7-4-3-5-8-14)20-23-15-9-6-10-16(25-26)18(15)21(24-20)27-2/h3-12H,1-2H3. The highest BCUT2D eigenvalue weighted by molar-refractivity contribution is 5.94. The van der Waals surface area contributed by atoms with E-state index >= 15 is 0 Å². The van der Waals surface area contributed by atoms with Gasteiger partial charge in [-0.25, -0.2) is 9.97 Å². The van der Waals surface area contributed by atoms with Crippen molar-refractivity contribution < 1.29 is 4.74 Å². The molecule has 2 aromatic carbocycles. The first kappa shape index (κ1) is 16.8. The Morgan fingerprint density at radius 2 is 1.70 bits per heavy atom. The van der Waals surface area contributed by atoms with E-state index in [1.165, 1.54) is 7.11 Å². The van der Waals surface area contributed by atoms with E-state index in [1.54, 1.807) is 18.2 Å². The van der Waals surface area contributed by atoms with E-state index < -0.39 is 0 Å². The van der Waals surface area contributed by atoms with E-state index in [1.807, 2.05) is 49.4 Å². The van der Waals surface area contributed by atoms with Gasteiger partial charge in [0.2, 0.25) is 5.88 Å². The van der Waals surface area contributed by atoms with Gasteiger partial charge in [0.15, 0.2) is 5.82 Å². The number of nitrogens with zero attached hydrogens (tertiary/aromatic N) is 4. The normalized spacial score (nSPS) is 10.7. The molecule has 4 rings (SSSR count). The number of nitroso groups, excluding NO2 is 1. The van der Waals surface area contributed by atoms with E-state index in [0.29, 0.717) is 28.3 Å². The van der Waals surface area contributed by atoms with Crippen molar-refractivity contribution in [2.24, 2.45) is 5.18 Å². The number of rotatable bonds is 4. The van der Waals surface area contributed by atoms with Gasteiger partial charge in [0.25, 0.3) is 0 Å². The summed E-state index contributed by atoms with van der Waals surface area (Å²) in [5, 5.41) is 3.54. The van der Waals surface area contributed by atoms with E-state index in [0.717, 1.165) is 16.8 Å². The SMILES string of the molecule is COc1nc(-c2ccc(C)c(-c3ccccc3)n2)nc2cccc(N=O)c12. The van der Waals surface area contributed by atoms with Crippen LogP contribution in [0.1, 0.15) is 5.56 Å². The number of hydrogen-bond acceptors (Lipinski definition) is 6. The van der Waals surface area contributed by atoms with Crippen LogP contribution >= 0.6 is 0 Å². The molecule has 27 heavy (non-hydrogen) atoms. The fourth-order valence-corrected chi connectivity index (χ4v) is 3.01. The lowest BCUT2D eigenvalue weighted by Gasteiger charge is -2.10. The molecule has 0 aliphatic rings. The summed E-state index contributed by atoms with van der Waals surface area (Å²) in [6.45, 7) is 2.02. The number of methoxy groups -OCH3 is 1. The summed E-state index contributed by atoms with van der Waals surface area (Å²) in [4.78, 5) is 24.9. The first-order chi connectivity index (χ1) is 13.2. The Bertz CT molecular complexity index is 1140. The molecule has 132 valence electrons. The van der Waals surface area contributed by atoms with Crippen LogP contribution in [0.5, 0.6) is 5.88 Å². The molecule has 0 bridgehead atoms. The lowest BCUT2D eigenvalue weighted by atomic mass is 10.1. The smallest absolute Gasteiger partial charge is 0.227 e. The molecule has 0 N–H and O–H groups in total. The number of hydrogen-bond donors (Lipinski definition) is 0. The molecule has 6 nitrogen and oxygen atoms in total. The van der Waals surface area contributed by atoms with Gasteiger partial charge in [-0.2, -0.15) is 4.98 Å². The summed E-state index contributed by atoms with van der Waals surface area (Å²) < 4.78 is 5.39. The molecule has 0 amide bonds. The minimum absolute atomic E-state index is 0.248. The average Bonchev–Trinajstić information content (AvgIpc) is 2.73. The third kappa shape index (κ3) is 3.01. The zero-order chi connectivity index (χ0) is 18.8. The van der Waals surface area contributed by atoms with Crippen molar-refractivity contribution in [2.75, 3.05) is 7.11 Å². The molecule has 0 spiro atoms. The van der Waals surface area contributed by atoms with Crippen molar-refractivity contribution in [1.82, 2.24) is 15.0 Å². The minimum Gasteiger partial charge on any atom is -0.480 e. The first-order valence-electron chi connectivity index (χ1n) is 8.43. The molecule has 0 radical (unpaired) electrons. The molecular formula is C21H16N4O2. The van der Waals surface area contributed by atoms with Crippen LogP contribution in [-0.4, -0.2) is 22.1 Å². The molecule has 0 unspecified atom stereocenters. The Kier molecular flexibility index (Phi) is 4.30. The fourth-order valence-electron chi connectivity index (χ4n) is 3.01. The third-order valence-electron chi connectivity index (χ3n) is 4.33. The van der Waals surface area contributed by atoms with Crippen LogP contribution < -0.4 is 4.74 Å². The lowest BCUT2D eigenvalue weighted by molar-refractivity contribution is 0.403. The summed E-state index contributed by atoms with van der Waals surface area (Å²) in [6.07, 6.45) is 0. The maximum atomic E-state index is 11.1. The molecule has 0 aliphatic carbocycles. The molecule has 2 aromatic heterocycles. The van der Waals surface area contributed by atoms with Crippen LogP contribution in [-0.2, 0) is 0 Å². The Hall–Kier alpha value is -3.67. The largest absolute Gasteiger partial charge is 0.480 e. The highest BCUT2D eigenvalue weighted by Gasteiger charge is 2.15. The molecule has 0 saturated carbocycles. The summed E-state index contributed by atoms with van der Waals surface area (Å²) in [5.74, 6) is 0.730. The molecule has 0 atom stereocenters. The average molecular weight is 356 g/mol. The van der Waals surface area contributed by atoms with Crippen molar-refractivity contribution in [1.29, 1.82) is 0 Å². The number of aryl methyl sites for hydroxylation is 1. The quantitative estimate of drug-likeness (QED) is 0.477. The monoisotopic (exact) mass is 356 g/mol.